The smallest absolute Gasteiger partial charge is 0.345 e. The number of aromatic nitrogens is 4. The Morgan fingerprint density at radius 3 is 1.97 bits per heavy atom. The van der Waals surface area contributed by atoms with Gasteiger partial charge in [0.15, 0.2) is 10.3 Å². The number of hydrogen-bond donors (Lipinski definition) is 0. The minimum atomic E-state index is -0.530. The number of carbonyl (C=O) groups excluding carboxylic acids is 2. The third-order valence-electron chi connectivity index (χ3n) is 4.19. The summed E-state index contributed by atoms with van der Waals surface area (Å²) in [6.45, 7) is 4.16. The van der Waals surface area contributed by atoms with Gasteiger partial charge in [-0.15, -0.1) is 0 Å². The second-order valence-corrected chi connectivity index (χ2v) is 9.35. The highest BCUT2D eigenvalue weighted by Crippen LogP contribution is 2.25. The van der Waals surface area contributed by atoms with Gasteiger partial charge >= 0.3 is 11.9 Å². The van der Waals surface area contributed by atoms with E-state index < -0.39 is 11.9 Å². The molecule has 0 unspecified atom stereocenters. The average Bonchev–Trinajstić information content (AvgIpc) is 2.88. The van der Waals surface area contributed by atoms with Crippen LogP contribution in [0.15, 0.2) is 40.9 Å². The summed E-state index contributed by atoms with van der Waals surface area (Å²) in [5, 5.41) is 2.17. The Balaban J connectivity index is 0.000000294. The van der Waals surface area contributed by atoms with Crippen LogP contribution in [0.1, 0.15) is 40.1 Å². The van der Waals surface area contributed by atoms with Gasteiger partial charge in [-0.05, 0) is 38.5 Å². The SMILES string of the molecule is CCOC(=O)c1cnc(SC)nc1Cl.CCOC(=O)c1cnc(SC)nc1OCc1ccc(Cl)cc1Cl. The van der Waals surface area contributed by atoms with Gasteiger partial charge in [-0.2, -0.15) is 4.98 Å². The Hall–Kier alpha value is -2.31. The zero-order valence-electron chi connectivity index (χ0n) is 20.3. The summed E-state index contributed by atoms with van der Waals surface area (Å²) in [6.07, 6.45) is 6.43. The van der Waals surface area contributed by atoms with Crippen molar-refractivity contribution in [1.82, 2.24) is 19.9 Å². The lowest BCUT2D eigenvalue weighted by atomic mass is 10.2. The maximum atomic E-state index is 12.0. The molecule has 0 aliphatic heterocycles. The molecule has 0 aliphatic carbocycles. The van der Waals surface area contributed by atoms with Crippen molar-refractivity contribution in [3.63, 3.8) is 0 Å². The van der Waals surface area contributed by atoms with E-state index >= 15 is 0 Å². The van der Waals surface area contributed by atoms with E-state index in [4.69, 9.17) is 49.0 Å². The molecule has 2 heterocycles. The zero-order valence-corrected chi connectivity index (χ0v) is 24.2. The summed E-state index contributed by atoms with van der Waals surface area (Å²) in [6, 6.07) is 5.10. The minimum absolute atomic E-state index is 0.128. The summed E-state index contributed by atoms with van der Waals surface area (Å²) in [4.78, 5) is 39.4. The summed E-state index contributed by atoms with van der Waals surface area (Å²) >= 11 is 20.5. The molecule has 2 aromatic heterocycles. The van der Waals surface area contributed by atoms with Crippen LogP contribution < -0.4 is 4.74 Å². The Kier molecular flexibility index (Phi) is 13.2. The van der Waals surface area contributed by atoms with Crippen molar-refractivity contribution in [2.45, 2.75) is 30.8 Å². The standard InChI is InChI=1S/C15H14Cl2N2O3S.C8H9ClN2O2S/c1-3-21-14(20)11-7-18-15(23-2)19-13(11)22-8-9-4-5-10(16)6-12(9)17;1-3-13-7(12)5-4-10-8(14-2)11-6(5)9/h4-7H,3,8H2,1-2H3;4H,3H2,1-2H3. The van der Waals surface area contributed by atoms with E-state index in [-0.39, 0.29) is 35.4 Å². The van der Waals surface area contributed by atoms with Crippen LogP contribution >= 0.6 is 58.3 Å². The van der Waals surface area contributed by atoms with Gasteiger partial charge in [-0.25, -0.2) is 24.5 Å². The van der Waals surface area contributed by atoms with E-state index in [9.17, 15) is 9.59 Å². The molecule has 0 fully saturated rings. The van der Waals surface area contributed by atoms with Gasteiger partial charge in [0.05, 0.1) is 13.2 Å². The third-order valence-corrected chi connectivity index (χ3v) is 6.19. The number of rotatable bonds is 9. The molecule has 3 rings (SSSR count). The first-order valence-electron chi connectivity index (χ1n) is 10.6. The summed E-state index contributed by atoms with van der Waals surface area (Å²) in [5.41, 5.74) is 1.11. The van der Waals surface area contributed by atoms with E-state index in [1.807, 2.05) is 12.5 Å². The Morgan fingerprint density at radius 2 is 1.43 bits per heavy atom. The number of carbonyl (C=O) groups is 2. The van der Waals surface area contributed by atoms with E-state index in [0.717, 1.165) is 5.56 Å². The minimum Gasteiger partial charge on any atom is -0.472 e. The molecule has 198 valence electrons. The van der Waals surface area contributed by atoms with Gasteiger partial charge < -0.3 is 14.2 Å². The molecule has 3 aromatic rings. The predicted octanol–water partition coefficient (Wildman–Crippen LogP) is 6.29. The summed E-state index contributed by atoms with van der Waals surface area (Å²) in [7, 11) is 0. The van der Waals surface area contributed by atoms with Gasteiger partial charge in [-0.3, -0.25) is 0 Å². The molecule has 0 radical (unpaired) electrons. The predicted molar refractivity (Wildman–Crippen MR) is 145 cm³/mol. The molecule has 1 aromatic carbocycles. The fraction of sp³-hybridized carbons (Fsp3) is 0.304. The molecule has 0 amide bonds. The molecule has 0 aliphatic rings. The quantitative estimate of drug-likeness (QED) is 0.119. The van der Waals surface area contributed by atoms with Crippen LogP contribution in [0.4, 0.5) is 0 Å². The fourth-order valence-electron chi connectivity index (χ4n) is 2.48. The molecule has 14 heteroatoms. The molecular weight excluding hydrogens is 583 g/mol. The lowest BCUT2D eigenvalue weighted by Gasteiger charge is -2.11. The first-order chi connectivity index (χ1) is 17.7. The second kappa shape index (κ2) is 15.8. The topological polar surface area (TPSA) is 113 Å². The molecule has 0 saturated carbocycles. The van der Waals surface area contributed by atoms with E-state index in [1.165, 1.54) is 35.9 Å². The zero-order chi connectivity index (χ0) is 27.4. The van der Waals surface area contributed by atoms with E-state index in [2.05, 4.69) is 19.9 Å². The van der Waals surface area contributed by atoms with Crippen LogP contribution in [0, 0.1) is 0 Å². The number of hydrogen-bond acceptors (Lipinski definition) is 11. The van der Waals surface area contributed by atoms with Crippen LogP contribution in [0.5, 0.6) is 5.88 Å². The van der Waals surface area contributed by atoms with E-state index in [0.29, 0.717) is 27.0 Å². The Labute approximate surface area is 238 Å². The van der Waals surface area contributed by atoms with Crippen LogP contribution in [-0.4, -0.2) is 57.6 Å². The van der Waals surface area contributed by atoms with Crippen LogP contribution in [0.2, 0.25) is 15.2 Å². The molecule has 0 saturated heterocycles. The number of halogens is 3. The number of nitrogens with zero attached hydrogens (tertiary/aromatic N) is 4. The van der Waals surface area contributed by atoms with Crippen LogP contribution in [-0.2, 0) is 16.1 Å². The average molecular weight is 606 g/mol. The summed E-state index contributed by atoms with van der Waals surface area (Å²) in [5.74, 6) is -0.865. The molecule has 0 N–H and O–H groups in total. The van der Waals surface area contributed by atoms with Crippen molar-refractivity contribution in [3.8, 4) is 5.88 Å². The first-order valence-corrected chi connectivity index (χ1v) is 14.2. The third kappa shape index (κ3) is 9.50. The van der Waals surface area contributed by atoms with E-state index in [1.54, 1.807) is 32.0 Å². The molecule has 0 atom stereocenters. The maximum Gasteiger partial charge on any atom is 0.345 e. The number of esters is 2. The molecule has 0 spiro atoms. The lowest BCUT2D eigenvalue weighted by Crippen LogP contribution is -2.10. The fourth-order valence-corrected chi connectivity index (χ4v) is 3.88. The highest BCUT2D eigenvalue weighted by molar-refractivity contribution is 7.98. The van der Waals surface area contributed by atoms with Crippen molar-refractivity contribution in [1.29, 1.82) is 0 Å². The van der Waals surface area contributed by atoms with Crippen molar-refractivity contribution in [2.75, 3.05) is 25.7 Å². The van der Waals surface area contributed by atoms with Gasteiger partial charge in [0.25, 0.3) is 0 Å². The Morgan fingerprint density at radius 1 is 0.865 bits per heavy atom. The molecule has 37 heavy (non-hydrogen) atoms. The van der Waals surface area contributed by atoms with Crippen molar-refractivity contribution < 1.29 is 23.8 Å². The first kappa shape index (κ1) is 30.9. The maximum absolute atomic E-state index is 12.0. The normalized spacial score (nSPS) is 10.2. The highest BCUT2D eigenvalue weighted by atomic mass is 35.5. The van der Waals surface area contributed by atoms with Gasteiger partial charge in [-0.1, -0.05) is 64.4 Å². The number of benzene rings is 1. The summed E-state index contributed by atoms with van der Waals surface area (Å²) < 4.78 is 15.4. The van der Waals surface area contributed by atoms with Crippen molar-refractivity contribution >= 4 is 70.3 Å². The van der Waals surface area contributed by atoms with Gasteiger partial charge in [0.1, 0.15) is 22.9 Å². The molecular formula is C23H23Cl3N4O5S2. The number of ether oxygens (including phenoxy) is 3. The van der Waals surface area contributed by atoms with Crippen molar-refractivity contribution in [3.05, 3.63) is 62.5 Å². The van der Waals surface area contributed by atoms with Gasteiger partial charge in [0.2, 0.25) is 5.88 Å². The highest BCUT2D eigenvalue weighted by Gasteiger charge is 2.18. The second-order valence-electron chi connectivity index (χ2n) is 6.60. The number of thioether (sulfide) groups is 2. The lowest BCUT2D eigenvalue weighted by molar-refractivity contribution is 0.0511. The van der Waals surface area contributed by atoms with Crippen molar-refractivity contribution in [2.24, 2.45) is 0 Å². The van der Waals surface area contributed by atoms with Crippen LogP contribution in [0.25, 0.3) is 0 Å². The van der Waals surface area contributed by atoms with Crippen LogP contribution in [0.3, 0.4) is 0 Å². The largest absolute Gasteiger partial charge is 0.472 e. The Bertz CT molecular complexity index is 1240. The molecule has 9 nitrogen and oxygen atoms in total. The molecule has 0 bridgehead atoms. The monoisotopic (exact) mass is 604 g/mol. The van der Waals surface area contributed by atoms with Gasteiger partial charge in [0, 0.05) is 28.0 Å².